The molecule has 1 heterocycles. The molecule has 4 nitrogen and oxygen atoms in total. The molecule has 0 aliphatic heterocycles. The fourth-order valence-electron chi connectivity index (χ4n) is 2.15. The van der Waals surface area contributed by atoms with Crippen LogP contribution in [0.3, 0.4) is 0 Å². The summed E-state index contributed by atoms with van der Waals surface area (Å²) in [6, 6.07) is 10.9. The Morgan fingerprint density at radius 2 is 2.05 bits per heavy atom. The molecule has 0 aliphatic rings. The van der Waals surface area contributed by atoms with Crippen LogP contribution in [0.1, 0.15) is 24.3 Å². The first-order chi connectivity index (χ1) is 9.50. The van der Waals surface area contributed by atoms with Crippen LogP contribution in [0.15, 0.2) is 52.0 Å². The Morgan fingerprint density at radius 1 is 1.25 bits per heavy atom. The van der Waals surface area contributed by atoms with Crippen LogP contribution in [0.25, 0.3) is 0 Å². The Balaban J connectivity index is 2.29. The summed E-state index contributed by atoms with van der Waals surface area (Å²) in [5, 5.41) is 3.36. The van der Waals surface area contributed by atoms with Gasteiger partial charge in [0.05, 0.1) is 11.2 Å². The van der Waals surface area contributed by atoms with Crippen LogP contribution in [-0.2, 0) is 16.3 Å². The Morgan fingerprint density at radius 3 is 2.65 bits per heavy atom. The lowest BCUT2D eigenvalue weighted by Gasteiger charge is -2.18. The molecule has 0 spiro atoms. The molecule has 1 aromatic heterocycles. The standard InChI is InChI=1S/C15H19NO3S/c1-3-16-15(11-13-7-5-9-19-13)12-6-4-8-14(10-12)20(2,17)18/h4-10,15-16H,3,11H2,1-2H3. The molecule has 0 saturated heterocycles. The van der Waals surface area contributed by atoms with E-state index >= 15 is 0 Å². The topological polar surface area (TPSA) is 59.3 Å². The number of likely N-dealkylation sites (N-methyl/N-ethyl adjacent to an activating group) is 1. The van der Waals surface area contributed by atoms with E-state index in [9.17, 15) is 8.42 Å². The van der Waals surface area contributed by atoms with E-state index in [0.29, 0.717) is 11.3 Å². The van der Waals surface area contributed by atoms with Crippen molar-refractivity contribution >= 4 is 9.84 Å². The van der Waals surface area contributed by atoms with Gasteiger partial charge in [0.2, 0.25) is 0 Å². The summed E-state index contributed by atoms with van der Waals surface area (Å²) in [6.45, 7) is 2.82. The van der Waals surface area contributed by atoms with Gasteiger partial charge in [-0.3, -0.25) is 0 Å². The van der Waals surface area contributed by atoms with Crippen molar-refractivity contribution in [1.29, 1.82) is 0 Å². The van der Waals surface area contributed by atoms with Crippen molar-refractivity contribution in [2.24, 2.45) is 0 Å². The maximum absolute atomic E-state index is 11.6. The molecule has 1 unspecified atom stereocenters. The molecule has 0 fully saturated rings. The summed E-state index contributed by atoms with van der Waals surface area (Å²) >= 11 is 0. The predicted octanol–water partition coefficient (Wildman–Crippen LogP) is 2.58. The summed E-state index contributed by atoms with van der Waals surface area (Å²) < 4.78 is 28.7. The summed E-state index contributed by atoms with van der Waals surface area (Å²) in [5.74, 6) is 0.876. The van der Waals surface area contributed by atoms with Crippen molar-refractivity contribution in [2.45, 2.75) is 24.3 Å². The van der Waals surface area contributed by atoms with Gasteiger partial charge in [0, 0.05) is 18.7 Å². The molecule has 20 heavy (non-hydrogen) atoms. The lowest BCUT2D eigenvalue weighted by atomic mass is 10.0. The van der Waals surface area contributed by atoms with E-state index in [0.717, 1.165) is 17.9 Å². The average molecular weight is 293 g/mol. The zero-order valence-electron chi connectivity index (χ0n) is 11.7. The van der Waals surface area contributed by atoms with Crippen molar-refractivity contribution in [1.82, 2.24) is 5.32 Å². The van der Waals surface area contributed by atoms with Crippen molar-refractivity contribution in [3.05, 3.63) is 54.0 Å². The first-order valence-corrected chi connectivity index (χ1v) is 8.45. The van der Waals surface area contributed by atoms with Gasteiger partial charge in [-0.05, 0) is 36.4 Å². The number of benzene rings is 1. The fourth-order valence-corrected chi connectivity index (χ4v) is 2.82. The van der Waals surface area contributed by atoms with Gasteiger partial charge in [-0.15, -0.1) is 0 Å². The zero-order valence-corrected chi connectivity index (χ0v) is 12.5. The van der Waals surface area contributed by atoms with Gasteiger partial charge >= 0.3 is 0 Å². The van der Waals surface area contributed by atoms with Crippen LogP contribution in [0, 0.1) is 0 Å². The highest BCUT2D eigenvalue weighted by atomic mass is 32.2. The third kappa shape index (κ3) is 3.71. The van der Waals surface area contributed by atoms with Crippen LogP contribution in [0.2, 0.25) is 0 Å². The molecule has 2 rings (SSSR count). The fraction of sp³-hybridized carbons (Fsp3) is 0.333. The van der Waals surface area contributed by atoms with E-state index in [-0.39, 0.29) is 6.04 Å². The van der Waals surface area contributed by atoms with Gasteiger partial charge in [0.1, 0.15) is 5.76 Å². The maximum Gasteiger partial charge on any atom is 0.175 e. The molecule has 0 saturated carbocycles. The third-order valence-electron chi connectivity index (χ3n) is 3.12. The van der Waals surface area contributed by atoms with Crippen LogP contribution < -0.4 is 5.32 Å². The Labute approximate surface area is 119 Å². The van der Waals surface area contributed by atoms with Crippen molar-refractivity contribution < 1.29 is 12.8 Å². The highest BCUT2D eigenvalue weighted by Gasteiger charge is 2.15. The van der Waals surface area contributed by atoms with Crippen molar-refractivity contribution in [3.8, 4) is 0 Å². The van der Waals surface area contributed by atoms with Gasteiger partial charge in [-0.2, -0.15) is 0 Å². The number of sulfone groups is 1. The Hall–Kier alpha value is -1.59. The molecule has 0 aliphatic carbocycles. The minimum Gasteiger partial charge on any atom is -0.469 e. The number of nitrogens with one attached hydrogen (secondary N) is 1. The van der Waals surface area contributed by atoms with Gasteiger partial charge in [-0.1, -0.05) is 19.1 Å². The van der Waals surface area contributed by atoms with E-state index in [1.54, 1.807) is 24.5 Å². The van der Waals surface area contributed by atoms with E-state index in [2.05, 4.69) is 5.32 Å². The van der Waals surface area contributed by atoms with Crippen LogP contribution in [0.5, 0.6) is 0 Å². The van der Waals surface area contributed by atoms with E-state index in [4.69, 9.17) is 4.42 Å². The van der Waals surface area contributed by atoms with E-state index in [1.165, 1.54) is 6.26 Å². The quantitative estimate of drug-likeness (QED) is 0.889. The molecule has 2 aromatic rings. The molecular formula is C15H19NO3S. The molecule has 5 heteroatoms. The number of furan rings is 1. The molecular weight excluding hydrogens is 274 g/mol. The first kappa shape index (κ1) is 14.8. The summed E-state index contributed by atoms with van der Waals surface area (Å²) in [5.41, 5.74) is 0.950. The molecule has 0 bridgehead atoms. The van der Waals surface area contributed by atoms with E-state index < -0.39 is 9.84 Å². The van der Waals surface area contributed by atoms with Crippen molar-refractivity contribution in [3.63, 3.8) is 0 Å². The molecule has 1 N–H and O–H groups in total. The second-order valence-corrected chi connectivity index (χ2v) is 6.75. The Kier molecular flexibility index (Phi) is 4.62. The van der Waals surface area contributed by atoms with Crippen LogP contribution in [-0.4, -0.2) is 21.2 Å². The Bertz CT molecular complexity index is 648. The maximum atomic E-state index is 11.6. The first-order valence-electron chi connectivity index (χ1n) is 6.56. The summed E-state index contributed by atoms with van der Waals surface area (Å²) in [6.07, 6.45) is 3.56. The largest absolute Gasteiger partial charge is 0.469 e. The molecule has 1 atom stereocenters. The number of rotatable bonds is 6. The molecule has 0 radical (unpaired) electrons. The second kappa shape index (κ2) is 6.24. The van der Waals surface area contributed by atoms with Gasteiger partial charge in [0.25, 0.3) is 0 Å². The minimum absolute atomic E-state index is 0.0350. The minimum atomic E-state index is -3.19. The SMILES string of the molecule is CCNC(Cc1ccco1)c1cccc(S(C)(=O)=O)c1. The number of hydrogen-bond donors (Lipinski definition) is 1. The summed E-state index contributed by atoms with van der Waals surface area (Å²) in [7, 11) is -3.19. The number of hydrogen-bond acceptors (Lipinski definition) is 4. The van der Waals surface area contributed by atoms with Crippen LogP contribution in [0.4, 0.5) is 0 Å². The lowest BCUT2D eigenvalue weighted by Crippen LogP contribution is -2.23. The normalized spacial score (nSPS) is 13.3. The van der Waals surface area contributed by atoms with Gasteiger partial charge in [0.15, 0.2) is 9.84 Å². The molecule has 1 aromatic carbocycles. The highest BCUT2D eigenvalue weighted by Crippen LogP contribution is 2.21. The lowest BCUT2D eigenvalue weighted by molar-refractivity contribution is 0.454. The smallest absolute Gasteiger partial charge is 0.175 e. The molecule has 0 amide bonds. The molecule has 108 valence electrons. The van der Waals surface area contributed by atoms with Gasteiger partial charge < -0.3 is 9.73 Å². The highest BCUT2D eigenvalue weighted by molar-refractivity contribution is 7.90. The zero-order chi connectivity index (χ0) is 14.6. The second-order valence-electron chi connectivity index (χ2n) is 4.74. The monoisotopic (exact) mass is 293 g/mol. The summed E-state index contributed by atoms with van der Waals surface area (Å²) in [4.78, 5) is 0.345. The third-order valence-corrected chi connectivity index (χ3v) is 4.23. The van der Waals surface area contributed by atoms with Crippen LogP contribution >= 0.6 is 0 Å². The van der Waals surface area contributed by atoms with E-state index in [1.807, 2.05) is 25.1 Å². The van der Waals surface area contributed by atoms with Crippen molar-refractivity contribution in [2.75, 3.05) is 12.8 Å². The average Bonchev–Trinajstić information content (AvgIpc) is 2.90. The van der Waals surface area contributed by atoms with Gasteiger partial charge in [-0.25, -0.2) is 8.42 Å². The predicted molar refractivity (Wildman–Crippen MR) is 78.4 cm³/mol.